The first-order chi connectivity index (χ1) is 8.06. The third-order valence-corrected chi connectivity index (χ3v) is 2.82. The fraction of sp³-hybridized carbons (Fsp3) is 0.462. The molecular formula is C13H21N3O. The highest BCUT2D eigenvalue weighted by molar-refractivity contribution is 5.80. The van der Waals surface area contributed by atoms with Crippen molar-refractivity contribution < 1.29 is 4.79 Å². The zero-order valence-electron chi connectivity index (χ0n) is 10.6. The number of hydrogen-bond acceptors (Lipinski definition) is 3. The van der Waals surface area contributed by atoms with Crippen LogP contribution in [0.1, 0.15) is 25.3 Å². The maximum Gasteiger partial charge on any atom is 0.236 e. The average Bonchev–Trinajstić information content (AvgIpc) is 2.28. The van der Waals surface area contributed by atoms with Gasteiger partial charge in [-0.1, -0.05) is 19.4 Å². The fourth-order valence-corrected chi connectivity index (χ4v) is 1.81. The number of nitrogens with two attached hydrogens (primary N) is 2. The molecule has 1 aromatic carbocycles. The quantitative estimate of drug-likeness (QED) is 0.737. The lowest BCUT2D eigenvalue weighted by Crippen LogP contribution is -2.35. The topological polar surface area (TPSA) is 72.3 Å². The van der Waals surface area contributed by atoms with Crippen molar-refractivity contribution in [1.29, 1.82) is 0 Å². The van der Waals surface area contributed by atoms with Gasteiger partial charge in [-0.2, -0.15) is 0 Å². The van der Waals surface area contributed by atoms with Gasteiger partial charge in [0.15, 0.2) is 0 Å². The molecule has 0 saturated heterocycles. The molecule has 4 nitrogen and oxygen atoms in total. The van der Waals surface area contributed by atoms with Crippen LogP contribution in [0.25, 0.3) is 0 Å². The van der Waals surface area contributed by atoms with Gasteiger partial charge in [-0.3, -0.25) is 4.79 Å². The molecule has 0 spiro atoms. The summed E-state index contributed by atoms with van der Waals surface area (Å²) in [6.45, 7) is 5.15. The van der Waals surface area contributed by atoms with Gasteiger partial charge in [0.2, 0.25) is 5.91 Å². The molecule has 0 atom stereocenters. The van der Waals surface area contributed by atoms with E-state index in [1.165, 1.54) is 0 Å². The number of amides is 1. The molecule has 1 aromatic rings. The van der Waals surface area contributed by atoms with Crippen molar-refractivity contribution in [2.24, 2.45) is 5.73 Å². The van der Waals surface area contributed by atoms with Crippen LogP contribution in [0.4, 0.5) is 11.4 Å². The van der Waals surface area contributed by atoms with Gasteiger partial charge in [-0.25, -0.2) is 0 Å². The molecule has 0 aliphatic carbocycles. The minimum absolute atomic E-state index is 0.240. The van der Waals surface area contributed by atoms with E-state index in [0.29, 0.717) is 0 Å². The van der Waals surface area contributed by atoms with Gasteiger partial charge in [-0.05, 0) is 31.0 Å². The van der Waals surface area contributed by atoms with Crippen molar-refractivity contribution in [2.45, 2.75) is 26.7 Å². The van der Waals surface area contributed by atoms with Crippen LogP contribution >= 0.6 is 0 Å². The maximum atomic E-state index is 11.1. The fourth-order valence-electron chi connectivity index (χ4n) is 1.81. The Balaban J connectivity index is 2.94. The average molecular weight is 235 g/mol. The summed E-state index contributed by atoms with van der Waals surface area (Å²) < 4.78 is 0. The lowest BCUT2D eigenvalue weighted by atomic mass is 10.1. The van der Waals surface area contributed by atoms with Gasteiger partial charge in [-0.15, -0.1) is 0 Å². The van der Waals surface area contributed by atoms with Gasteiger partial charge in [0.25, 0.3) is 0 Å². The molecule has 0 aliphatic heterocycles. The van der Waals surface area contributed by atoms with Gasteiger partial charge < -0.3 is 16.4 Å². The molecule has 1 rings (SSSR count). The number of nitrogens with zero attached hydrogens (tertiary/aromatic N) is 1. The predicted molar refractivity (Wildman–Crippen MR) is 71.9 cm³/mol. The summed E-state index contributed by atoms with van der Waals surface area (Å²) in [4.78, 5) is 13.1. The monoisotopic (exact) mass is 235 g/mol. The number of unbranched alkanes of at least 4 members (excludes halogenated alkanes) is 1. The van der Waals surface area contributed by atoms with E-state index in [9.17, 15) is 4.79 Å². The number of carbonyl (C=O) groups excluding carboxylic acids is 1. The van der Waals surface area contributed by atoms with E-state index in [0.717, 1.165) is 36.3 Å². The molecule has 94 valence electrons. The van der Waals surface area contributed by atoms with Gasteiger partial charge in [0, 0.05) is 17.9 Å². The minimum atomic E-state index is -0.317. The predicted octanol–water partition coefficient (Wildman–Crippen LogP) is 1.67. The van der Waals surface area contributed by atoms with Crippen molar-refractivity contribution in [2.75, 3.05) is 23.7 Å². The lowest BCUT2D eigenvalue weighted by Gasteiger charge is -2.25. The maximum absolute atomic E-state index is 11.1. The molecule has 4 N–H and O–H groups in total. The first-order valence-corrected chi connectivity index (χ1v) is 5.94. The molecule has 0 saturated carbocycles. The highest BCUT2D eigenvalue weighted by Crippen LogP contribution is 2.24. The number of carbonyl (C=O) groups is 1. The molecule has 4 heteroatoms. The van der Waals surface area contributed by atoms with Crippen LogP contribution in [0.3, 0.4) is 0 Å². The van der Waals surface area contributed by atoms with E-state index in [-0.39, 0.29) is 12.5 Å². The van der Waals surface area contributed by atoms with Crippen LogP contribution in [0.15, 0.2) is 18.2 Å². The van der Waals surface area contributed by atoms with Gasteiger partial charge >= 0.3 is 0 Å². The molecule has 1 amide bonds. The van der Waals surface area contributed by atoms with E-state index in [4.69, 9.17) is 11.5 Å². The van der Waals surface area contributed by atoms with Gasteiger partial charge in [0.1, 0.15) is 0 Å². The Labute approximate surface area is 103 Å². The first kappa shape index (κ1) is 13.4. The van der Waals surface area contributed by atoms with E-state index in [2.05, 4.69) is 6.92 Å². The number of hydrogen-bond donors (Lipinski definition) is 2. The highest BCUT2D eigenvalue weighted by Gasteiger charge is 2.12. The van der Waals surface area contributed by atoms with E-state index < -0.39 is 0 Å². The molecule has 0 aliphatic rings. The summed E-state index contributed by atoms with van der Waals surface area (Å²) in [5.74, 6) is -0.317. The molecular weight excluding hydrogens is 214 g/mol. The summed E-state index contributed by atoms with van der Waals surface area (Å²) in [5.41, 5.74) is 13.9. The second kappa shape index (κ2) is 6.13. The van der Waals surface area contributed by atoms with Crippen molar-refractivity contribution in [3.8, 4) is 0 Å². The van der Waals surface area contributed by atoms with Crippen LogP contribution in [0, 0.1) is 6.92 Å². The lowest BCUT2D eigenvalue weighted by molar-refractivity contribution is -0.116. The SMILES string of the molecule is CCCCN(CC(N)=O)c1cccc(N)c1C. The molecule has 0 unspecified atom stereocenters. The minimum Gasteiger partial charge on any atom is -0.398 e. The van der Waals surface area contributed by atoms with E-state index in [1.54, 1.807) is 0 Å². The normalized spacial score (nSPS) is 10.2. The zero-order valence-corrected chi connectivity index (χ0v) is 10.6. The highest BCUT2D eigenvalue weighted by atomic mass is 16.1. The second-order valence-corrected chi connectivity index (χ2v) is 4.23. The Hall–Kier alpha value is -1.71. The summed E-state index contributed by atoms with van der Waals surface area (Å²) >= 11 is 0. The van der Waals surface area contributed by atoms with Crippen LogP contribution < -0.4 is 16.4 Å². The Bertz CT molecular complexity index is 390. The Kier molecular flexibility index (Phi) is 4.82. The first-order valence-electron chi connectivity index (χ1n) is 5.94. The second-order valence-electron chi connectivity index (χ2n) is 4.23. The number of primary amides is 1. The molecule has 0 radical (unpaired) electrons. The van der Waals surface area contributed by atoms with Crippen LogP contribution in [0.5, 0.6) is 0 Å². The summed E-state index contributed by atoms with van der Waals surface area (Å²) in [6.07, 6.45) is 2.11. The van der Waals surface area contributed by atoms with Crippen molar-refractivity contribution in [1.82, 2.24) is 0 Å². The number of nitrogen functional groups attached to an aromatic ring is 1. The summed E-state index contributed by atoms with van der Waals surface area (Å²) in [5, 5.41) is 0. The number of rotatable bonds is 6. The van der Waals surface area contributed by atoms with Crippen LogP contribution in [-0.2, 0) is 4.79 Å². The smallest absolute Gasteiger partial charge is 0.236 e. The standard InChI is InChI=1S/C13H21N3O/c1-3-4-8-16(9-13(15)17)12-7-5-6-11(14)10(12)2/h5-7H,3-4,8-9,14H2,1-2H3,(H2,15,17). The summed E-state index contributed by atoms with van der Waals surface area (Å²) in [6, 6.07) is 5.74. The summed E-state index contributed by atoms with van der Waals surface area (Å²) in [7, 11) is 0. The molecule has 17 heavy (non-hydrogen) atoms. The Morgan fingerprint density at radius 1 is 1.41 bits per heavy atom. The van der Waals surface area contributed by atoms with E-state index >= 15 is 0 Å². The molecule has 0 heterocycles. The number of anilines is 2. The van der Waals surface area contributed by atoms with E-state index in [1.807, 2.05) is 30.0 Å². The third kappa shape index (κ3) is 3.66. The zero-order chi connectivity index (χ0) is 12.8. The van der Waals surface area contributed by atoms with Crippen molar-refractivity contribution in [3.63, 3.8) is 0 Å². The van der Waals surface area contributed by atoms with Crippen molar-refractivity contribution in [3.05, 3.63) is 23.8 Å². The molecule has 0 fully saturated rings. The van der Waals surface area contributed by atoms with Crippen LogP contribution in [0.2, 0.25) is 0 Å². The number of benzene rings is 1. The Morgan fingerprint density at radius 3 is 2.71 bits per heavy atom. The third-order valence-electron chi connectivity index (χ3n) is 2.82. The Morgan fingerprint density at radius 2 is 2.12 bits per heavy atom. The molecule has 0 aromatic heterocycles. The largest absolute Gasteiger partial charge is 0.398 e. The van der Waals surface area contributed by atoms with Gasteiger partial charge in [0.05, 0.1) is 6.54 Å². The van der Waals surface area contributed by atoms with Crippen molar-refractivity contribution >= 4 is 17.3 Å². The van der Waals surface area contributed by atoms with Crippen LogP contribution in [-0.4, -0.2) is 19.0 Å². The molecule has 0 bridgehead atoms.